The van der Waals surface area contributed by atoms with Gasteiger partial charge in [0.2, 0.25) is 0 Å². The third-order valence-electron chi connectivity index (χ3n) is 7.59. The highest BCUT2D eigenvalue weighted by molar-refractivity contribution is 6.31. The number of amidine groups is 1. The molecule has 0 radical (unpaired) electrons. The maximum absolute atomic E-state index is 15.4. The van der Waals surface area contributed by atoms with E-state index in [1.165, 1.54) is 12.1 Å². The van der Waals surface area contributed by atoms with Crippen molar-refractivity contribution in [2.45, 2.75) is 62.6 Å². The van der Waals surface area contributed by atoms with Gasteiger partial charge in [-0.25, -0.2) is 19.5 Å². The number of nitrogens with zero attached hydrogens (tertiary/aromatic N) is 5. The Kier molecular flexibility index (Phi) is 7.34. The normalized spacial score (nSPS) is 26.5. The molecule has 2 aromatic rings. The number of piperidine rings is 1. The molecule has 202 valence electrons. The first-order valence-corrected chi connectivity index (χ1v) is 12.9. The topological polar surface area (TPSA) is 79.6 Å². The highest BCUT2D eigenvalue weighted by Crippen LogP contribution is 2.39. The highest BCUT2D eigenvalue weighted by Gasteiger charge is 2.39. The van der Waals surface area contributed by atoms with Crippen LogP contribution in [0, 0.1) is 5.92 Å². The molecule has 2 fully saturated rings. The average molecular weight is 544 g/mol. The lowest BCUT2D eigenvalue weighted by molar-refractivity contribution is -0.137. The predicted molar refractivity (Wildman–Crippen MR) is 130 cm³/mol. The zero-order valence-corrected chi connectivity index (χ0v) is 21.2. The molecule has 2 aliphatic heterocycles. The number of rotatable bonds is 6. The molecule has 1 saturated heterocycles. The first kappa shape index (κ1) is 26.2. The SMILES string of the molecule is CN1CCC(F)(c2cn(C3CCC(C4N=C(COc5ccc(Cl)c(C(F)(F)F)c5)NN4)CC3)nn2)CC1. The largest absolute Gasteiger partial charge is 0.486 e. The van der Waals surface area contributed by atoms with Crippen LogP contribution < -0.4 is 15.6 Å². The molecule has 37 heavy (non-hydrogen) atoms. The summed E-state index contributed by atoms with van der Waals surface area (Å²) in [6, 6.07) is 3.62. The van der Waals surface area contributed by atoms with Gasteiger partial charge in [-0.2, -0.15) is 13.2 Å². The lowest BCUT2D eigenvalue weighted by Crippen LogP contribution is -2.41. The van der Waals surface area contributed by atoms with Gasteiger partial charge in [0.1, 0.15) is 24.2 Å². The van der Waals surface area contributed by atoms with E-state index in [-0.39, 0.29) is 35.5 Å². The maximum atomic E-state index is 15.4. The van der Waals surface area contributed by atoms with E-state index in [1.54, 1.807) is 6.20 Å². The molecule has 2 N–H and O–H groups in total. The summed E-state index contributed by atoms with van der Waals surface area (Å²) in [7, 11) is 2.00. The van der Waals surface area contributed by atoms with Gasteiger partial charge in [0.05, 0.1) is 22.8 Å². The summed E-state index contributed by atoms with van der Waals surface area (Å²) >= 11 is 5.66. The van der Waals surface area contributed by atoms with Crippen molar-refractivity contribution in [3.63, 3.8) is 0 Å². The van der Waals surface area contributed by atoms with Gasteiger partial charge in [0, 0.05) is 25.9 Å². The number of aromatic nitrogens is 3. The molecule has 1 unspecified atom stereocenters. The standard InChI is InChI=1S/C24H30ClF4N7O/c1-35-10-8-23(26,9-11-35)20-13-36(34-31-20)16-4-2-15(3-5-16)22-30-21(32-33-22)14-37-17-6-7-19(25)18(12-17)24(27,28)29/h6-7,12-13,15-16,22,33H,2-5,8-11,14H2,1H3,(H,30,32). The van der Waals surface area contributed by atoms with Crippen molar-refractivity contribution < 1.29 is 22.3 Å². The fourth-order valence-corrected chi connectivity index (χ4v) is 5.45. The summed E-state index contributed by atoms with van der Waals surface area (Å²) in [4.78, 5) is 6.75. The van der Waals surface area contributed by atoms with Crippen LogP contribution in [0.2, 0.25) is 5.02 Å². The van der Waals surface area contributed by atoms with E-state index in [0.717, 1.165) is 31.7 Å². The monoisotopic (exact) mass is 543 g/mol. The van der Waals surface area contributed by atoms with Crippen molar-refractivity contribution in [3.8, 4) is 5.75 Å². The number of halogens is 5. The van der Waals surface area contributed by atoms with Gasteiger partial charge in [-0.15, -0.1) is 5.10 Å². The number of alkyl halides is 4. The molecular weight excluding hydrogens is 514 g/mol. The molecule has 1 aromatic carbocycles. The minimum Gasteiger partial charge on any atom is -0.486 e. The van der Waals surface area contributed by atoms with Gasteiger partial charge in [0.25, 0.3) is 0 Å². The Morgan fingerprint density at radius 2 is 1.89 bits per heavy atom. The van der Waals surface area contributed by atoms with Crippen LogP contribution in [-0.4, -0.2) is 58.6 Å². The maximum Gasteiger partial charge on any atom is 0.417 e. The lowest BCUT2D eigenvalue weighted by Gasteiger charge is -2.33. The summed E-state index contributed by atoms with van der Waals surface area (Å²) in [6.07, 6.45) is 1.47. The van der Waals surface area contributed by atoms with E-state index in [4.69, 9.17) is 16.3 Å². The Morgan fingerprint density at radius 3 is 2.59 bits per heavy atom. The van der Waals surface area contributed by atoms with Crippen LogP contribution in [-0.2, 0) is 11.8 Å². The second kappa shape index (κ2) is 10.4. The van der Waals surface area contributed by atoms with Crippen molar-refractivity contribution in [2.24, 2.45) is 10.9 Å². The van der Waals surface area contributed by atoms with Crippen molar-refractivity contribution in [1.29, 1.82) is 0 Å². The van der Waals surface area contributed by atoms with Gasteiger partial charge in [-0.3, -0.25) is 0 Å². The van der Waals surface area contributed by atoms with E-state index in [1.807, 2.05) is 11.7 Å². The minimum atomic E-state index is -4.56. The number of benzene rings is 1. The fraction of sp³-hybridized carbons (Fsp3) is 0.625. The third-order valence-corrected chi connectivity index (χ3v) is 7.92. The molecule has 1 atom stereocenters. The van der Waals surface area contributed by atoms with E-state index in [2.05, 4.69) is 31.1 Å². The Bertz CT molecular complexity index is 1120. The molecule has 5 rings (SSSR count). The summed E-state index contributed by atoms with van der Waals surface area (Å²) in [5.41, 5.74) is 4.21. The van der Waals surface area contributed by atoms with Crippen LogP contribution in [0.1, 0.15) is 55.8 Å². The number of aliphatic imine (C=N–C) groups is 1. The molecule has 1 aliphatic carbocycles. The van der Waals surface area contributed by atoms with Crippen molar-refractivity contribution in [1.82, 2.24) is 30.7 Å². The Balaban J connectivity index is 1.12. The second-order valence-electron chi connectivity index (χ2n) is 10.1. The number of hydrazine groups is 1. The Labute approximate surface area is 217 Å². The molecule has 1 saturated carbocycles. The van der Waals surface area contributed by atoms with Crippen LogP contribution in [0.25, 0.3) is 0 Å². The molecule has 0 amide bonds. The van der Waals surface area contributed by atoms with Crippen LogP contribution in [0.3, 0.4) is 0 Å². The van der Waals surface area contributed by atoms with Crippen molar-refractivity contribution in [2.75, 3.05) is 26.7 Å². The summed E-state index contributed by atoms with van der Waals surface area (Å²) < 4.78 is 61.9. The van der Waals surface area contributed by atoms with E-state index < -0.39 is 17.4 Å². The van der Waals surface area contributed by atoms with Crippen LogP contribution in [0.4, 0.5) is 17.6 Å². The van der Waals surface area contributed by atoms with E-state index in [9.17, 15) is 13.2 Å². The Hall–Kier alpha value is -2.44. The number of hydrogen-bond acceptors (Lipinski definition) is 7. The van der Waals surface area contributed by atoms with E-state index in [0.29, 0.717) is 37.5 Å². The Morgan fingerprint density at radius 1 is 1.16 bits per heavy atom. The fourth-order valence-electron chi connectivity index (χ4n) is 5.22. The van der Waals surface area contributed by atoms with E-state index >= 15 is 4.39 Å². The summed E-state index contributed by atoms with van der Waals surface area (Å²) in [5.74, 6) is 0.855. The molecule has 3 aliphatic rings. The molecule has 13 heteroatoms. The summed E-state index contributed by atoms with van der Waals surface area (Å²) in [6.45, 7) is 1.41. The number of ether oxygens (including phenoxy) is 1. The molecule has 8 nitrogen and oxygen atoms in total. The molecule has 0 spiro atoms. The van der Waals surface area contributed by atoms with Crippen LogP contribution >= 0.6 is 11.6 Å². The second-order valence-corrected chi connectivity index (χ2v) is 10.5. The van der Waals surface area contributed by atoms with Gasteiger partial charge in [-0.1, -0.05) is 16.8 Å². The zero-order valence-electron chi connectivity index (χ0n) is 20.4. The summed E-state index contributed by atoms with van der Waals surface area (Å²) in [5, 5.41) is 8.06. The zero-order chi connectivity index (χ0) is 26.2. The highest BCUT2D eigenvalue weighted by atomic mass is 35.5. The third kappa shape index (κ3) is 5.85. The first-order valence-electron chi connectivity index (χ1n) is 12.5. The quantitative estimate of drug-likeness (QED) is 0.523. The minimum absolute atomic E-state index is 0.000278. The number of likely N-dealkylation sites (tertiary alicyclic amines) is 1. The van der Waals surface area contributed by atoms with Crippen LogP contribution in [0.5, 0.6) is 5.75 Å². The van der Waals surface area contributed by atoms with Gasteiger partial charge in [0.15, 0.2) is 11.5 Å². The number of hydrogen-bond donors (Lipinski definition) is 2. The van der Waals surface area contributed by atoms with Crippen LogP contribution in [0.15, 0.2) is 29.4 Å². The van der Waals surface area contributed by atoms with Gasteiger partial charge in [-0.05, 0) is 56.8 Å². The molecule has 0 bridgehead atoms. The molecular formula is C24H30ClF4N7O. The predicted octanol–water partition coefficient (Wildman–Crippen LogP) is 4.48. The average Bonchev–Trinajstić information content (AvgIpc) is 3.56. The first-order chi connectivity index (χ1) is 17.6. The van der Waals surface area contributed by atoms with Crippen molar-refractivity contribution in [3.05, 3.63) is 40.7 Å². The smallest absolute Gasteiger partial charge is 0.417 e. The number of nitrogens with one attached hydrogen (secondary N) is 2. The van der Waals surface area contributed by atoms with Gasteiger partial charge >= 0.3 is 6.18 Å². The lowest BCUT2D eigenvalue weighted by atomic mass is 9.84. The van der Waals surface area contributed by atoms with Crippen molar-refractivity contribution >= 4 is 17.4 Å². The van der Waals surface area contributed by atoms with Gasteiger partial charge < -0.3 is 15.1 Å². The molecule has 3 heterocycles. The molecule has 1 aromatic heterocycles.